The molecule has 3 aromatic carbocycles. The SMILES string of the molecule is C#CCOc1c(Cl)cc(/C=c2/sc3n(c2=O)[C@H](c2c(OC)ccc4ccccc24)C(C(=O)OCC)=C(CCC)N=3)cc1OC. The van der Waals surface area contributed by atoms with E-state index in [2.05, 4.69) is 5.92 Å². The zero-order valence-electron chi connectivity index (χ0n) is 24.8. The molecule has 2 heterocycles. The quantitative estimate of drug-likeness (QED) is 0.172. The summed E-state index contributed by atoms with van der Waals surface area (Å²) < 4.78 is 24.4. The van der Waals surface area contributed by atoms with E-state index in [1.807, 2.05) is 43.3 Å². The van der Waals surface area contributed by atoms with Crippen LogP contribution in [0.4, 0.5) is 0 Å². The number of carbonyl (C=O) groups is 1. The zero-order valence-corrected chi connectivity index (χ0v) is 26.4. The summed E-state index contributed by atoms with van der Waals surface area (Å²) in [5, 5.41) is 2.08. The highest BCUT2D eigenvalue weighted by atomic mass is 35.5. The molecule has 0 saturated carbocycles. The molecule has 0 bridgehead atoms. The van der Waals surface area contributed by atoms with Gasteiger partial charge < -0.3 is 18.9 Å². The number of allylic oxidation sites excluding steroid dienone is 1. The van der Waals surface area contributed by atoms with Crippen LogP contribution in [-0.4, -0.2) is 38.0 Å². The molecule has 1 atom stereocenters. The molecule has 0 spiro atoms. The number of benzene rings is 3. The van der Waals surface area contributed by atoms with Crippen LogP contribution >= 0.6 is 22.9 Å². The fourth-order valence-corrected chi connectivity index (χ4v) is 6.65. The number of halogens is 1. The van der Waals surface area contributed by atoms with E-state index in [9.17, 15) is 9.59 Å². The van der Waals surface area contributed by atoms with Crippen LogP contribution < -0.4 is 29.1 Å². The van der Waals surface area contributed by atoms with Gasteiger partial charge in [-0.25, -0.2) is 9.79 Å². The Bertz CT molecular complexity index is 2000. The maximum Gasteiger partial charge on any atom is 0.338 e. The van der Waals surface area contributed by atoms with Gasteiger partial charge in [0.25, 0.3) is 5.56 Å². The van der Waals surface area contributed by atoms with Crippen LogP contribution in [0.2, 0.25) is 5.02 Å². The smallest absolute Gasteiger partial charge is 0.338 e. The third-order valence-corrected chi connectivity index (χ3v) is 8.43. The van der Waals surface area contributed by atoms with Crippen molar-refractivity contribution in [2.45, 2.75) is 32.7 Å². The van der Waals surface area contributed by atoms with Crippen molar-refractivity contribution in [1.82, 2.24) is 4.57 Å². The number of methoxy groups -OCH3 is 2. The van der Waals surface area contributed by atoms with Gasteiger partial charge in [0.2, 0.25) is 0 Å². The molecule has 8 nitrogen and oxygen atoms in total. The van der Waals surface area contributed by atoms with E-state index in [1.165, 1.54) is 18.4 Å². The van der Waals surface area contributed by atoms with Gasteiger partial charge in [-0.2, -0.15) is 0 Å². The molecule has 1 aromatic heterocycles. The number of carbonyl (C=O) groups excluding carboxylic acids is 1. The van der Waals surface area contributed by atoms with Gasteiger partial charge in [-0.15, -0.1) is 6.42 Å². The van der Waals surface area contributed by atoms with Gasteiger partial charge in [0.15, 0.2) is 16.3 Å². The number of ether oxygens (including phenoxy) is 4. The summed E-state index contributed by atoms with van der Waals surface area (Å²) in [5.41, 5.74) is 1.88. The number of esters is 1. The lowest BCUT2D eigenvalue weighted by Gasteiger charge is -2.28. The van der Waals surface area contributed by atoms with Gasteiger partial charge in [0, 0.05) is 5.56 Å². The van der Waals surface area contributed by atoms with Gasteiger partial charge >= 0.3 is 5.97 Å². The molecule has 44 heavy (non-hydrogen) atoms. The molecule has 10 heteroatoms. The molecule has 0 N–H and O–H groups in total. The Balaban J connectivity index is 1.82. The lowest BCUT2D eigenvalue weighted by atomic mass is 9.90. The van der Waals surface area contributed by atoms with Gasteiger partial charge in [-0.05, 0) is 54.0 Å². The van der Waals surface area contributed by atoms with Crippen molar-refractivity contribution in [3.05, 3.63) is 95.6 Å². The van der Waals surface area contributed by atoms with Gasteiger partial charge in [-0.3, -0.25) is 9.36 Å². The minimum atomic E-state index is -0.840. The fraction of sp³-hybridized carbons (Fsp3) is 0.265. The van der Waals surface area contributed by atoms with Crippen molar-refractivity contribution in [2.24, 2.45) is 4.99 Å². The molecule has 4 aromatic rings. The van der Waals surface area contributed by atoms with Crippen molar-refractivity contribution in [1.29, 1.82) is 0 Å². The number of fused-ring (bicyclic) bond motifs is 2. The Morgan fingerprint density at radius 3 is 2.61 bits per heavy atom. The minimum Gasteiger partial charge on any atom is -0.496 e. The molecular weight excluding hydrogens is 600 g/mol. The summed E-state index contributed by atoms with van der Waals surface area (Å²) in [7, 11) is 3.07. The predicted molar refractivity (Wildman–Crippen MR) is 172 cm³/mol. The maximum absolute atomic E-state index is 14.3. The Labute approximate surface area is 263 Å². The number of terminal acetylenes is 1. The normalized spacial score (nSPS) is 14.5. The molecule has 0 radical (unpaired) electrons. The number of rotatable bonds is 10. The fourth-order valence-electron chi connectivity index (χ4n) is 5.36. The highest BCUT2D eigenvalue weighted by Gasteiger charge is 2.37. The van der Waals surface area contributed by atoms with Gasteiger partial charge in [0.1, 0.15) is 18.4 Å². The Morgan fingerprint density at radius 2 is 1.91 bits per heavy atom. The first-order valence-electron chi connectivity index (χ1n) is 14.1. The van der Waals surface area contributed by atoms with Gasteiger partial charge in [-0.1, -0.05) is 72.5 Å². The lowest BCUT2D eigenvalue weighted by Crippen LogP contribution is -2.40. The maximum atomic E-state index is 14.3. The third kappa shape index (κ3) is 5.71. The van der Waals surface area contributed by atoms with E-state index in [4.69, 9.17) is 42.0 Å². The third-order valence-electron chi connectivity index (χ3n) is 7.17. The summed E-state index contributed by atoms with van der Waals surface area (Å²) in [5.74, 6) is 3.12. The summed E-state index contributed by atoms with van der Waals surface area (Å²) in [6, 6.07) is 14.2. The van der Waals surface area contributed by atoms with Crippen molar-refractivity contribution in [3.63, 3.8) is 0 Å². The van der Waals surface area contributed by atoms with Crippen LogP contribution in [0.5, 0.6) is 17.2 Å². The monoisotopic (exact) mass is 630 g/mol. The minimum absolute atomic E-state index is 0.0224. The first-order chi connectivity index (χ1) is 21.4. The van der Waals surface area contributed by atoms with E-state index < -0.39 is 12.0 Å². The highest BCUT2D eigenvalue weighted by molar-refractivity contribution is 7.07. The highest BCUT2D eigenvalue weighted by Crippen LogP contribution is 2.41. The molecule has 5 rings (SSSR count). The lowest BCUT2D eigenvalue weighted by molar-refractivity contribution is -0.139. The predicted octanol–water partition coefficient (Wildman–Crippen LogP) is 5.41. The van der Waals surface area contributed by atoms with E-state index in [0.29, 0.717) is 55.4 Å². The van der Waals surface area contributed by atoms with Crippen LogP contribution in [0.25, 0.3) is 16.8 Å². The van der Waals surface area contributed by atoms with E-state index >= 15 is 0 Å². The van der Waals surface area contributed by atoms with Crippen molar-refractivity contribution in [2.75, 3.05) is 27.4 Å². The van der Waals surface area contributed by atoms with Crippen LogP contribution in [0.1, 0.15) is 43.9 Å². The van der Waals surface area contributed by atoms with Crippen LogP contribution in [0.15, 0.2) is 69.6 Å². The van der Waals surface area contributed by atoms with E-state index in [0.717, 1.165) is 17.2 Å². The Morgan fingerprint density at radius 1 is 1.14 bits per heavy atom. The van der Waals surface area contributed by atoms with Crippen LogP contribution in [-0.2, 0) is 9.53 Å². The first kappa shape index (κ1) is 30.9. The molecule has 0 fully saturated rings. The molecule has 226 valence electrons. The topological polar surface area (TPSA) is 88.4 Å². The zero-order chi connectivity index (χ0) is 31.4. The first-order valence-corrected chi connectivity index (χ1v) is 15.3. The molecule has 0 amide bonds. The number of nitrogens with zero attached hydrogens (tertiary/aromatic N) is 2. The van der Waals surface area contributed by atoms with Gasteiger partial charge in [0.05, 0.1) is 41.7 Å². The second kappa shape index (κ2) is 13.4. The molecule has 0 unspecified atom stereocenters. The average Bonchev–Trinajstić information content (AvgIpc) is 3.33. The van der Waals surface area contributed by atoms with E-state index in [1.54, 1.807) is 36.8 Å². The average molecular weight is 631 g/mol. The van der Waals surface area contributed by atoms with E-state index in [-0.39, 0.29) is 23.8 Å². The second-order valence-corrected chi connectivity index (χ2v) is 11.3. The van der Waals surface area contributed by atoms with Crippen LogP contribution in [0, 0.1) is 12.3 Å². The standard InChI is InChI=1S/C34H31ClN2O6S/c1-6-11-24-29(33(39)42-8-3)30(28-22-13-10-9-12-21(22)14-15-25(28)40-4)37-32(38)27(44-34(37)36-24)19-20-17-23(35)31(43-16-7-2)26(18-20)41-5/h2,9-10,12-15,17-19,30H,6,8,11,16H2,1,3-5H3/b27-19+/t30-/m1/s1. The summed E-state index contributed by atoms with van der Waals surface area (Å²) in [6.07, 6.45) is 8.32. The number of hydrogen-bond donors (Lipinski definition) is 0. The number of hydrogen-bond acceptors (Lipinski definition) is 8. The summed E-state index contributed by atoms with van der Waals surface area (Å²) >= 11 is 7.75. The molecule has 0 aliphatic carbocycles. The Hall–Kier alpha value is -4.52. The molecular formula is C34H31ClN2O6S. The van der Waals surface area contributed by atoms with Crippen molar-refractivity contribution in [3.8, 4) is 29.6 Å². The summed E-state index contributed by atoms with van der Waals surface area (Å²) in [4.78, 5) is 33.3. The largest absolute Gasteiger partial charge is 0.496 e. The molecule has 1 aliphatic rings. The molecule has 1 aliphatic heterocycles. The van der Waals surface area contributed by atoms with Crippen LogP contribution in [0.3, 0.4) is 0 Å². The number of aromatic nitrogens is 1. The molecule has 0 saturated heterocycles. The summed E-state index contributed by atoms with van der Waals surface area (Å²) in [6.45, 7) is 3.97. The Kier molecular flexibility index (Phi) is 9.43. The second-order valence-electron chi connectivity index (χ2n) is 9.84. The number of thiazole rings is 1. The van der Waals surface area contributed by atoms with Crippen molar-refractivity contribution >= 4 is 45.8 Å². The van der Waals surface area contributed by atoms with Crippen molar-refractivity contribution < 1.29 is 23.7 Å².